The number of rotatable bonds is 5. The summed E-state index contributed by atoms with van der Waals surface area (Å²) in [5, 5.41) is 5.83. The van der Waals surface area contributed by atoms with Crippen molar-refractivity contribution in [2.24, 2.45) is 0 Å². The second-order valence-corrected chi connectivity index (χ2v) is 4.60. The van der Waals surface area contributed by atoms with Crippen molar-refractivity contribution < 1.29 is 9.59 Å². The topological polar surface area (TPSA) is 58.2 Å². The van der Waals surface area contributed by atoms with Crippen molar-refractivity contribution in [3.8, 4) is 0 Å². The summed E-state index contributed by atoms with van der Waals surface area (Å²) in [6, 6.07) is 6.98. The monoisotopic (exact) mass is 312 g/mol. The van der Waals surface area contributed by atoms with Gasteiger partial charge in [0.2, 0.25) is 5.91 Å². The fraction of sp³-hybridized carbons (Fsp3) is 0.385. The van der Waals surface area contributed by atoms with E-state index in [0.29, 0.717) is 11.3 Å². The molecule has 2 amide bonds. The summed E-state index contributed by atoms with van der Waals surface area (Å²) in [6.45, 7) is 3.98. The van der Waals surface area contributed by atoms with Gasteiger partial charge in [-0.1, -0.05) is 22.9 Å². The van der Waals surface area contributed by atoms with Gasteiger partial charge in [0.1, 0.15) is 0 Å². The fourth-order valence-corrected chi connectivity index (χ4v) is 1.45. The normalized spacial score (nSPS) is 11.7. The Balaban J connectivity index is 2.65. The molecule has 0 spiro atoms. The first-order chi connectivity index (χ1) is 8.56. The third kappa shape index (κ3) is 4.49. The van der Waals surface area contributed by atoms with E-state index < -0.39 is 0 Å². The molecule has 98 valence electrons. The number of carbonyl (C=O) groups is 2. The number of anilines is 1. The van der Waals surface area contributed by atoms with Gasteiger partial charge in [-0.2, -0.15) is 0 Å². The van der Waals surface area contributed by atoms with Crippen LogP contribution in [0.2, 0.25) is 0 Å². The lowest BCUT2D eigenvalue weighted by molar-refractivity contribution is -0.113. The van der Waals surface area contributed by atoms with Gasteiger partial charge in [0.15, 0.2) is 0 Å². The van der Waals surface area contributed by atoms with E-state index in [1.807, 2.05) is 13.8 Å². The van der Waals surface area contributed by atoms with Gasteiger partial charge in [0.05, 0.1) is 5.33 Å². The highest BCUT2D eigenvalue weighted by Crippen LogP contribution is 2.10. The highest BCUT2D eigenvalue weighted by molar-refractivity contribution is 9.09. The minimum absolute atomic E-state index is 0.0947. The molecule has 0 fully saturated rings. The first-order valence-corrected chi connectivity index (χ1v) is 6.95. The van der Waals surface area contributed by atoms with E-state index in [0.717, 1.165) is 6.42 Å². The SMILES string of the molecule is CC[C@@H](C)NC(=O)c1ccc(NC(=O)CBr)cc1. The lowest BCUT2D eigenvalue weighted by Gasteiger charge is -2.11. The van der Waals surface area contributed by atoms with Crippen LogP contribution in [0.3, 0.4) is 0 Å². The van der Waals surface area contributed by atoms with Crippen LogP contribution in [0, 0.1) is 0 Å². The summed E-state index contributed by atoms with van der Waals surface area (Å²) in [6.07, 6.45) is 0.894. The van der Waals surface area contributed by atoms with Crippen LogP contribution in [0.25, 0.3) is 0 Å². The zero-order valence-corrected chi connectivity index (χ0v) is 12.1. The Kier molecular flexibility index (Phi) is 5.85. The molecule has 0 saturated heterocycles. The second-order valence-electron chi connectivity index (χ2n) is 4.04. The number of carbonyl (C=O) groups excluding carboxylic acids is 2. The summed E-state index contributed by atoms with van der Waals surface area (Å²) in [4.78, 5) is 22.9. The minimum atomic E-state index is -0.119. The van der Waals surface area contributed by atoms with Crippen molar-refractivity contribution in [1.82, 2.24) is 5.32 Å². The molecule has 18 heavy (non-hydrogen) atoms. The smallest absolute Gasteiger partial charge is 0.251 e. The first kappa shape index (κ1) is 14.7. The molecular formula is C13H17BrN2O2. The maximum atomic E-state index is 11.8. The number of amides is 2. The number of hydrogen-bond acceptors (Lipinski definition) is 2. The summed E-state index contributed by atoms with van der Waals surface area (Å²) < 4.78 is 0. The zero-order valence-electron chi connectivity index (χ0n) is 10.5. The van der Waals surface area contributed by atoms with Crippen molar-refractivity contribution in [3.63, 3.8) is 0 Å². The maximum absolute atomic E-state index is 11.8. The molecule has 0 aliphatic heterocycles. The van der Waals surface area contributed by atoms with Crippen LogP contribution in [-0.2, 0) is 4.79 Å². The third-order valence-electron chi connectivity index (χ3n) is 2.54. The molecule has 0 aromatic heterocycles. The van der Waals surface area contributed by atoms with E-state index in [9.17, 15) is 9.59 Å². The number of hydrogen-bond donors (Lipinski definition) is 2. The van der Waals surface area contributed by atoms with Gasteiger partial charge in [-0.15, -0.1) is 0 Å². The lowest BCUT2D eigenvalue weighted by atomic mass is 10.1. The first-order valence-electron chi connectivity index (χ1n) is 5.83. The van der Waals surface area contributed by atoms with E-state index in [4.69, 9.17) is 0 Å². The van der Waals surface area contributed by atoms with Crippen molar-refractivity contribution in [1.29, 1.82) is 0 Å². The average molecular weight is 313 g/mol. The number of benzene rings is 1. The molecule has 0 bridgehead atoms. The van der Waals surface area contributed by atoms with Crippen molar-refractivity contribution in [2.45, 2.75) is 26.3 Å². The summed E-state index contributed by atoms with van der Waals surface area (Å²) in [7, 11) is 0. The Labute approximate surface area is 115 Å². The number of alkyl halides is 1. The molecule has 0 aliphatic carbocycles. The van der Waals surface area contributed by atoms with Crippen LogP contribution in [0.15, 0.2) is 24.3 Å². The predicted molar refractivity (Wildman–Crippen MR) is 76.1 cm³/mol. The lowest BCUT2D eigenvalue weighted by Crippen LogP contribution is -2.31. The molecule has 1 rings (SSSR count). The standard InChI is InChI=1S/C13H17BrN2O2/c1-3-9(2)15-13(18)10-4-6-11(7-5-10)16-12(17)8-14/h4-7,9H,3,8H2,1-2H3,(H,15,18)(H,16,17)/t9-/m1/s1. The highest BCUT2D eigenvalue weighted by Gasteiger charge is 2.08. The van der Waals surface area contributed by atoms with E-state index >= 15 is 0 Å². The molecule has 0 heterocycles. The molecule has 4 nitrogen and oxygen atoms in total. The molecule has 0 saturated carbocycles. The Hall–Kier alpha value is -1.36. The van der Waals surface area contributed by atoms with Crippen molar-refractivity contribution in [3.05, 3.63) is 29.8 Å². The van der Waals surface area contributed by atoms with Gasteiger partial charge in [0.25, 0.3) is 5.91 Å². The van der Waals surface area contributed by atoms with Crippen LogP contribution in [0.5, 0.6) is 0 Å². The van der Waals surface area contributed by atoms with E-state index in [-0.39, 0.29) is 23.2 Å². The van der Waals surface area contributed by atoms with Gasteiger partial charge in [0, 0.05) is 17.3 Å². The average Bonchev–Trinajstić information content (AvgIpc) is 2.39. The molecule has 0 aliphatic rings. The fourth-order valence-electron chi connectivity index (χ4n) is 1.31. The quantitative estimate of drug-likeness (QED) is 0.821. The Bertz CT molecular complexity index is 418. The molecule has 5 heteroatoms. The highest BCUT2D eigenvalue weighted by atomic mass is 79.9. The van der Waals surface area contributed by atoms with E-state index in [2.05, 4.69) is 26.6 Å². The summed E-state index contributed by atoms with van der Waals surface area (Å²) >= 11 is 3.07. The van der Waals surface area contributed by atoms with Crippen LogP contribution in [0.1, 0.15) is 30.6 Å². The molecule has 1 atom stereocenters. The van der Waals surface area contributed by atoms with Crippen LogP contribution >= 0.6 is 15.9 Å². The summed E-state index contributed by atoms with van der Waals surface area (Å²) in [5.41, 5.74) is 1.27. The van der Waals surface area contributed by atoms with E-state index in [1.165, 1.54) is 0 Å². The molecular weight excluding hydrogens is 296 g/mol. The van der Waals surface area contributed by atoms with E-state index in [1.54, 1.807) is 24.3 Å². The zero-order chi connectivity index (χ0) is 13.5. The number of nitrogens with one attached hydrogen (secondary N) is 2. The van der Waals surface area contributed by atoms with Gasteiger partial charge >= 0.3 is 0 Å². The molecule has 2 N–H and O–H groups in total. The molecule has 0 unspecified atom stereocenters. The van der Waals surface area contributed by atoms with Gasteiger partial charge in [-0.05, 0) is 37.6 Å². The Morgan fingerprint density at radius 2 is 1.89 bits per heavy atom. The molecule has 1 aromatic carbocycles. The second kappa shape index (κ2) is 7.16. The van der Waals surface area contributed by atoms with Crippen LogP contribution in [-0.4, -0.2) is 23.2 Å². The largest absolute Gasteiger partial charge is 0.350 e. The van der Waals surface area contributed by atoms with Crippen molar-refractivity contribution >= 4 is 33.4 Å². The van der Waals surface area contributed by atoms with Crippen LogP contribution in [0.4, 0.5) is 5.69 Å². The molecule has 0 radical (unpaired) electrons. The van der Waals surface area contributed by atoms with Gasteiger partial charge in [-0.3, -0.25) is 9.59 Å². The summed E-state index contributed by atoms with van der Waals surface area (Å²) in [5.74, 6) is -0.213. The van der Waals surface area contributed by atoms with Gasteiger partial charge in [-0.25, -0.2) is 0 Å². The number of halogens is 1. The third-order valence-corrected chi connectivity index (χ3v) is 3.05. The van der Waals surface area contributed by atoms with Crippen molar-refractivity contribution in [2.75, 3.05) is 10.6 Å². The maximum Gasteiger partial charge on any atom is 0.251 e. The minimum Gasteiger partial charge on any atom is -0.350 e. The Morgan fingerprint density at radius 1 is 1.28 bits per heavy atom. The van der Waals surface area contributed by atoms with Gasteiger partial charge < -0.3 is 10.6 Å². The van der Waals surface area contributed by atoms with Crippen LogP contribution < -0.4 is 10.6 Å². The predicted octanol–water partition coefficient (Wildman–Crippen LogP) is 2.55. The Morgan fingerprint density at radius 3 is 2.39 bits per heavy atom. The molecule has 1 aromatic rings.